The number of carbonyl (C=O) groups excluding carboxylic acids is 1. The quantitative estimate of drug-likeness (QED) is 0.0405. The molecule has 3 N–H and O–H groups in total. The van der Waals surface area contributed by atoms with Crippen LogP contribution in [0.3, 0.4) is 0 Å². The lowest BCUT2D eigenvalue weighted by molar-refractivity contribution is -0.146. The zero-order valence-corrected chi connectivity index (χ0v) is 32.8. The number of ether oxygens (including phenoxy) is 2. The van der Waals surface area contributed by atoms with E-state index in [2.05, 4.69) is 45.7 Å². The number of hydrogen-bond acceptors (Lipinski definition) is 11. The molecule has 0 amide bonds. The van der Waals surface area contributed by atoms with Crippen molar-refractivity contribution in [3.63, 3.8) is 0 Å². The molecule has 0 spiro atoms. The third-order valence-corrected chi connectivity index (χ3v) is 9.83. The molecule has 17 heteroatoms. The molecule has 2 aromatic heterocycles. The number of benzene rings is 1. The van der Waals surface area contributed by atoms with Gasteiger partial charge in [0.2, 0.25) is 0 Å². The Labute approximate surface area is 315 Å². The molecule has 0 bridgehead atoms. The van der Waals surface area contributed by atoms with E-state index < -0.39 is 44.6 Å². The Kier molecular flexibility index (Phi) is 16.7. The molecule has 0 radical (unpaired) electrons. The lowest BCUT2D eigenvalue weighted by atomic mass is 10.1. The van der Waals surface area contributed by atoms with E-state index in [1.165, 1.54) is 11.3 Å². The average molecular weight is 784 g/mol. The van der Waals surface area contributed by atoms with Crippen LogP contribution < -0.4 is 20.5 Å². The lowest BCUT2D eigenvalue weighted by Crippen LogP contribution is -2.39. The molecule has 2 aliphatic rings. The smallest absolute Gasteiger partial charge is 0.412 e. The van der Waals surface area contributed by atoms with Gasteiger partial charge in [-0.2, -0.15) is 13.2 Å². The molecule has 1 aromatic carbocycles. The number of hydrogen-bond donors (Lipinski definition) is 2. The van der Waals surface area contributed by atoms with Crippen molar-refractivity contribution in [3.8, 4) is 5.75 Å². The van der Waals surface area contributed by atoms with Crippen LogP contribution in [0.1, 0.15) is 73.5 Å². The molecule has 4 unspecified atom stereocenters. The minimum atomic E-state index is -4.57. The van der Waals surface area contributed by atoms with Gasteiger partial charge in [0.1, 0.15) is 30.5 Å². The van der Waals surface area contributed by atoms with Crippen molar-refractivity contribution in [1.82, 2.24) is 24.6 Å². The van der Waals surface area contributed by atoms with Gasteiger partial charge in [0.25, 0.3) is 0 Å². The van der Waals surface area contributed by atoms with Gasteiger partial charge in [-0.05, 0) is 69.4 Å². The van der Waals surface area contributed by atoms with Gasteiger partial charge in [0, 0.05) is 23.6 Å². The van der Waals surface area contributed by atoms with Crippen molar-refractivity contribution in [2.45, 2.75) is 91.3 Å². The number of alkyl halides is 3. The van der Waals surface area contributed by atoms with Crippen LogP contribution in [0.15, 0.2) is 72.9 Å². The topological polar surface area (TPSA) is 139 Å². The highest BCUT2D eigenvalue weighted by Gasteiger charge is 2.54. The van der Waals surface area contributed by atoms with E-state index in [1.807, 2.05) is 32.3 Å². The minimum absolute atomic E-state index is 0.0633. The summed E-state index contributed by atoms with van der Waals surface area (Å²) in [5.74, 6) is 6.17. The van der Waals surface area contributed by atoms with Gasteiger partial charge in [0.15, 0.2) is 17.0 Å². The van der Waals surface area contributed by atoms with Crippen molar-refractivity contribution in [2.24, 2.45) is 11.8 Å². The monoisotopic (exact) mass is 783 g/mol. The number of fused-ring (bicyclic) bond motifs is 1. The number of esters is 1. The number of nitrogens with two attached hydrogens (primary N) is 1. The first-order chi connectivity index (χ1) is 25.2. The predicted octanol–water partition coefficient (Wildman–Crippen LogP) is 8.76. The molecule has 1 aliphatic heterocycles. The molecule has 53 heavy (non-hydrogen) atoms. The van der Waals surface area contributed by atoms with Gasteiger partial charge in [-0.1, -0.05) is 64.1 Å². The number of halogens is 4. The molecule has 2 fully saturated rings. The van der Waals surface area contributed by atoms with E-state index in [1.54, 1.807) is 37.6 Å². The number of anilines is 1. The van der Waals surface area contributed by atoms with Crippen LogP contribution in [0.2, 0.25) is 5.02 Å². The number of nitrogens with zero attached hydrogens (tertiary/aromatic N) is 5. The van der Waals surface area contributed by atoms with Crippen LogP contribution in [0, 0.1) is 5.92 Å². The summed E-state index contributed by atoms with van der Waals surface area (Å²) in [5.41, 5.74) is -1.16. The Morgan fingerprint density at radius 1 is 1.25 bits per heavy atom. The maximum atomic E-state index is 13.2. The summed E-state index contributed by atoms with van der Waals surface area (Å²) in [7, 11) is -0.276. The average Bonchev–Trinajstić information content (AvgIpc) is 3.64. The normalized spacial score (nSPS) is 20.0. The largest absolute Gasteiger partial charge is 0.459 e. The first kappa shape index (κ1) is 43.8. The lowest BCUT2D eigenvalue weighted by Gasteiger charge is -2.25. The van der Waals surface area contributed by atoms with E-state index >= 15 is 0 Å². The van der Waals surface area contributed by atoms with Gasteiger partial charge in [-0.3, -0.25) is 14.4 Å². The summed E-state index contributed by atoms with van der Waals surface area (Å²) in [4.78, 5) is 26.1. The summed E-state index contributed by atoms with van der Waals surface area (Å²) in [6.07, 6.45) is 5.55. The summed E-state index contributed by atoms with van der Waals surface area (Å²) in [6, 6.07) is 6.61. The Morgan fingerprint density at radius 3 is 2.47 bits per heavy atom. The molecule has 3 aromatic rings. The Hall–Kier alpha value is -3.59. The third-order valence-electron chi connectivity index (χ3n) is 8.21. The fourth-order valence-corrected chi connectivity index (χ4v) is 6.72. The van der Waals surface area contributed by atoms with Gasteiger partial charge < -0.3 is 18.5 Å². The molecule has 12 nitrogen and oxygen atoms in total. The molecule has 1 aliphatic carbocycles. The predicted molar refractivity (Wildman–Crippen MR) is 202 cm³/mol. The molecule has 1 saturated heterocycles. The number of nitrogens with one attached hydrogen (secondary N) is 1. The number of rotatable bonds is 14. The first-order valence-corrected chi connectivity index (χ1v) is 18.9. The van der Waals surface area contributed by atoms with Crippen molar-refractivity contribution >= 4 is 43.1 Å². The Bertz CT molecular complexity index is 1700. The van der Waals surface area contributed by atoms with Gasteiger partial charge in [-0.25, -0.2) is 25.9 Å². The van der Waals surface area contributed by atoms with Crippen LogP contribution >= 0.6 is 20.1 Å². The molecule has 3 heterocycles. The summed E-state index contributed by atoms with van der Waals surface area (Å²) < 4.78 is 65.4. The zero-order valence-electron chi connectivity index (χ0n) is 31.2. The molecule has 5 rings (SSSR count). The number of allylic oxidation sites excluding steroid dienone is 3. The van der Waals surface area contributed by atoms with Crippen LogP contribution in [0.5, 0.6) is 5.75 Å². The van der Waals surface area contributed by atoms with Gasteiger partial charge in [0.05, 0.1) is 19.0 Å². The minimum Gasteiger partial charge on any atom is -0.459 e. The van der Waals surface area contributed by atoms with E-state index in [9.17, 15) is 18.0 Å². The van der Waals surface area contributed by atoms with Crippen LogP contribution in [-0.4, -0.2) is 63.6 Å². The standard InChI is InChI=1S/C29H34ClF3N7O5P.C5H10.C2H6/c1-5-19(18(3)29(31,32)33)13-42-27(41)28(10-11-28)38-46(45-21-8-6-20(30)7-9-21)43-14-22-12-17(2)26(44-22)40-16-37-23-24(39(4)34)35-15-36-25(23)40;1-3-5-4-2;1-2/h5-9,15-17,22,26,38H,1,10-14,34H2,2-4H3;3,5H,4H2,1-2H3;1-2H3/b19-18-;5-3-;. The molecule has 1 saturated carbocycles. The zero-order chi connectivity index (χ0) is 39.3. The maximum absolute atomic E-state index is 13.2. The fraction of sp³-hybridized carbons (Fsp3) is 0.500. The fourth-order valence-electron chi connectivity index (χ4n) is 5.15. The van der Waals surface area contributed by atoms with Crippen molar-refractivity contribution in [2.75, 3.05) is 25.3 Å². The van der Waals surface area contributed by atoms with Crippen molar-refractivity contribution in [3.05, 3.63) is 77.9 Å². The van der Waals surface area contributed by atoms with E-state index in [-0.39, 0.29) is 24.2 Å². The first-order valence-electron chi connectivity index (χ1n) is 17.4. The number of imidazole rings is 1. The summed E-state index contributed by atoms with van der Waals surface area (Å²) in [5, 5.41) is 5.01. The highest BCUT2D eigenvalue weighted by molar-refractivity contribution is 7.45. The highest BCUT2D eigenvalue weighted by atomic mass is 35.5. The molecule has 4 atom stereocenters. The van der Waals surface area contributed by atoms with Crippen LogP contribution in [-0.2, 0) is 18.8 Å². The number of carbonyl (C=O) groups is 1. The molecule has 292 valence electrons. The Morgan fingerprint density at radius 2 is 1.92 bits per heavy atom. The summed E-state index contributed by atoms with van der Waals surface area (Å²) >= 11 is 6.03. The number of aromatic nitrogens is 4. The maximum Gasteiger partial charge on any atom is 0.412 e. The Balaban J connectivity index is 0.000000996. The second kappa shape index (κ2) is 20.2. The van der Waals surface area contributed by atoms with Crippen LogP contribution in [0.4, 0.5) is 19.0 Å². The summed E-state index contributed by atoms with van der Waals surface area (Å²) in [6.45, 7) is 14.1. The highest BCUT2D eigenvalue weighted by Crippen LogP contribution is 2.48. The van der Waals surface area contributed by atoms with E-state index in [4.69, 9.17) is 36.0 Å². The van der Waals surface area contributed by atoms with E-state index in [0.29, 0.717) is 47.0 Å². The molecular weight excluding hydrogens is 734 g/mol. The van der Waals surface area contributed by atoms with Crippen LogP contribution in [0.25, 0.3) is 11.2 Å². The van der Waals surface area contributed by atoms with Crippen molar-refractivity contribution < 1.29 is 36.5 Å². The van der Waals surface area contributed by atoms with Gasteiger partial charge >= 0.3 is 20.7 Å². The third kappa shape index (κ3) is 12.0. The van der Waals surface area contributed by atoms with Gasteiger partial charge in [-0.15, -0.1) is 0 Å². The second-order valence-corrected chi connectivity index (χ2v) is 13.8. The second-order valence-electron chi connectivity index (χ2n) is 12.2. The SMILES string of the molecule is C/C=C\CC.C=C/C(COC(=O)C1(NP(OCC2CC(C)C(n3cnc4c(N(C)N)ncnc43)O2)Oc2ccc(Cl)cc2)CC1)=C(\C)C(F)(F)F.CC. The van der Waals surface area contributed by atoms with E-state index in [0.717, 1.165) is 19.4 Å². The molecular formula is C36H50ClF3N7O5P. The number of hydrazine groups is 1. The van der Waals surface area contributed by atoms with Crippen molar-refractivity contribution in [1.29, 1.82) is 0 Å².